The molecule has 0 spiro atoms. The van der Waals surface area contributed by atoms with E-state index in [1.54, 1.807) is 7.11 Å². The number of amidine groups is 1. The van der Waals surface area contributed by atoms with Crippen LogP contribution in [-0.2, 0) is 14.9 Å². The first kappa shape index (κ1) is 22.1. The fraction of sp³-hybridized carbons (Fsp3) is 0.333. The zero-order chi connectivity index (χ0) is 22.9. The van der Waals surface area contributed by atoms with Crippen LogP contribution in [0.1, 0.15) is 37.0 Å². The predicted molar refractivity (Wildman–Crippen MR) is 126 cm³/mol. The quantitative estimate of drug-likeness (QED) is 0.661. The lowest BCUT2D eigenvalue weighted by Crippen LogP contribution is -2.31. The molecule has 4 rings (SSSR count). The van der Waals surface area contributed by atoms with Crippen LogP contribution < -0.4 is 4.74 Å². The minimum absolute atomic E-state index is 0.164. The summed E-state index contributed by atoms with van der Waals surface area (Å²) in [4.78, 5) is 7.83. The topological polar surface area (TPSA) is 80.6 Å². The summed E-state index contributed by atoms with van der Waals surface area (Å²) in [5.74, 6) is 1.14. The number of aryl methyl sites for hydroxylation is 1. The summed E-state index contributed by atoms with van der Waals surface area (Å²) < 4.78 is 36.0. The Morgan fingerprint density at radius 2 is 1.78 bits per heavy atom. The van der Waals surface area contributed by atoms with E-state index in [1.165, 1.54) is 0 Å². The number of sulfonamides is 1. The fourth-order valence-electron chi connectivity index (χ4n) is 4.12. The summed E-state index contributed by atoms with van der Waals surface area (Å²) in [5.41, 5.74) is 4.08. The molecule has 168 valence electrons. The van der Waals surface area contributed by atoms with Gasteiger partial charge in [-0.05, 0) is 44.0 Å². The van der Waals surface area contributed by atoms with Gasteiger partial charge < -0.3 is 14.5 Å². The van der Waals surface area contributed by atoms with Gasteiger partial charge in [-0.1, -0.05) is 41.6 Å². The van der Waals surface area contributed by atoms with E-state index in [4.69, 9.17) is 9.57 Å². The van der Waals surface area contributed by atoms with Crippen molar-refractivity contribution in [3.63, 3.8) is 0 Å². The molecule has 0 saturated heterocycles. The van der Waals surface area contributed by atoms with Crippen LogP contribution in [0.4, 0.5) is 0 Å². The minimum atomic E-state index is -3.92. The average Bonchev–Trinajstić information content (AvgIpc) is 3.37. The Hall–Kier alpha value is -3.13. The van der Waals surface area contributed by atoms with Gasteiger partial charge in [0, 0.05) is 30.6 Å². The lowest BCUT2D eigenvalue weighted by atomic mass is 9.97. The maximum atomic E-state index is 13.3. The molecule has 0 radical (unpaired) electrons. The fourth-order valence-corrected chi connectivity index (χ4v) is 5.58. The van der Waals surface area contributed by atoms with Crippen molar-refractivity contribution in [1.82, 2.24) is 4.90 Å². The van der Waals surface area contributed by atoms with Gasteiger partial charge in [0.1, 0.15) is 10.7 Å². The van der Waals surface area contributed by atoms with E-state index in [1.807, 2.05) is 74.2 Å². The lowest BCUT2D eigenvalue weighted by molar-refractivity contribution is 0.117. The van der Waals surface area contributed by atoms with Crippen molar-refractivity contribution >= 4 is 27.1 Å². The number of oxime groups is 1. The highest BCUT2D eigenvalue weighted by atomic mass is 32.2. The zero-order valence-corrected chi connectivity index (χ0v) is 19.5. The molecule has 0 saturated carbocycles. The summed E-state index contributed by atoms with van der Waals surface area (Å²) in [6, 6.07) is 15.2. The molecule has 2 aromatic rings. The molecule has 32 heavy (non-hydrogen) atoms. The molecule has 0 fully saturated rings. The standard InChI is InChI=1S/C24H27N3O4S/c1-5-27(6-2)24-22(17-11-13-18(30-4)14-12-17)23(32(28,29)26-24)21-15-20(25-31-21)19-10-8-7-9-16(19)3/h7-14,21H,5-6,15H2,1-4H3. The van der Waals surface area contributed by atoms with Crippen LogP contribution in [0.2, 0.25) is 0 Å². The molecular weight excluding hydrogens is 426 g/mol. The molecule has 1 atom stereocenters. The number of hydrogen-bond acceptors (Lipinski definition) is 6. The maximum Gasteiger partial charge on any atom is 0.285 e. The van der Waals surface area contributed by atoms with Gasteiger partial charge in [-0.25, -0.2) is 0 Å². The molecule has 2 aliphatic heterocycles. The first-order valence-electron chi connectivity index (χ1n) is 10.7. The third kappa shape index (κ3) is 3.90. The second kappa shape index (κ2) is 8.78. The molecule has 2 aromatic carbocycles. The highest BCUT2D eigenvalue weighted by molar-refractivity contribution is 7.95. The van der Waals surface area contributed by atoms with Gasteiger partial charge in [-0.2, -0.15) is 8.42 Å². The molecule has 2 heterocycles. The van der Waals surface area contributed by atoms with Gasteiger partial charge in [0.25, 0.3) is 10.0 Å². The van der Waals surface area contributed by atoms with Gasteiger partial charge in [-0.15, -0.1) is 4.40 Å². The first-order valence-corrected chi connectivity index (χ1v) is 12.1. The summed E-state index contributed by atoms with van der Waals surface area (Å²) in [6.45, 7) is 7.23. The molecule has 0 N–H and O–H groups in total. The lowest BCUT2D eigenvalue weighted by Gasteiger charge is -2.23. The Morgan fingerprint density at radius 1 is 1.09 bits per heavy atom. The molecule has 2 aliphatic rings. The van der Waals surface area contributed by atoms with Crippen molar-refractivity contribution in [3.8, 4) is 5.75 Å². The Kier molecular flexibility index (Phi) is 6.06. The van der Waals surface area contributed by atoms with Gasteiger partial charge >= 0.3 is 0 Å². The second-order valence-corrected chi connectivity index (χ2v) is 9.25. The van der Waals surface area contributed by atoms with Crippen molar-refractivity contribution in [2.45, 2.75) is 33.3 Å². The van der Waals surface area contributed by atoms with E-state index < -0.39 is 16.1 Å². The van der Waals surface area contributed by atoms with Crippen molar-refractivity contribution in [3.05, 3.63) is 70.1 Å². The van der Waals surface area contributed by atoms with Crippen LogP contribution in [0.5, 0.6) is 5.75 Å². The highest BCUT2D eigenvalue weighted by Gasteiger charge is 2.43. The van der Waals surface area contributed by atoms with E-state index in [2.05, 4.69) is 9.55 Å². The molecule has 1 unspecified atom stereocenters. The maximum absolute atomic E-state index is 13.3. The highest BCUT2D eigenvalue weighted by Crippen LogP contribution is 2.39. The number of methoxy groups -OCH3 is 1. The third-order valence-corrected chi connectivity index (χ3v) is 7.25. The van der Waals surface area contributed by atoms with E-state index in [0.29, 0.717) is 36.7 Å². The Morgan fingerprint density at radius 3 is 2.41 bits per heavy atom. The van der Waals surface area contributed by atoms with Crippen molar-refractivity contribution in [1.29, 1.82) is 0 Å². The van der Waals surface area contributed by atoms with E-state index >= 15 is 0 Å². The van der Waals surface area contributed by atoms with E-state index in [0.717, 1.165) is 22.4 Å². The third-order valence-electron chi connectivity index (χ3n) is 5.81. The van der Waals surface area contributed by atoms with Crippen LogP contribution >= 0.6 is 0 Å². The van der Waals surface area contributed by atoms with Crippen molar-refractivity contribution < 1.29 is 18.0 Å². The summed E-state index contributed by atoms with van der Waals surface area (Å²) >= 11 is 0. The number of hydrogen-bond donors (Lipinski definition) is 0. The van der Waals surface area contributed by atoms with Gasteiger partial charge in [-0.3, -0.25) is 0 Å². The number of likely N-dealkylation sites (N-methyl/N-ethyl adjacent to an activating group) is 1. The largest absolute Gasteiger partial charge is 0.497 e. The van der Waals surface area contributed by atoms with Crippen LogP contribution in [0, 0.1) is 6.92 Å². The molecular formula is C24H27N3O4S. The molecule has 0 bridgehead atoms. The van der Waals surface area contributed by atoms with Crippen molar-refractivity contribution in [2.24, 2.45) is 9.55 Å². The van der Waals surface area contributed by atoms with Gasteiger partial charge in [0.2, 0.25) is 0 Å². The normalized spacial score (nSPS) is 19.4. The zero-order valence-electron chi connectivity index (χ0n) is 18.7. The number of rotatable bonds is 6. The summed E-state index contributed by atoms with van der Waals surface area (Å²) in [5, 5.41) is 4.26. The summed E-state index contributed by atoms with van der Waals surface area (Å²) in [6.07, 6.45) is -0.372. The van der Waals surface area contributed by atoms with Crippen molar-refractivity contribution in [2.75, 3.05) is 20.2 Å². The average molecular weight is 454 g/mol. The van der Waals surface area contributed by atoms with Crippen LogP contribution in [0.3, 0.4) is 0 Å². The molecule has 0 aromatic heterocycles. The smallest absolute Gasteiger partial charge is 0.285 e. The molecule has 0 aliphatic carbocycles. The predicted octanol–water partition coefficient (Wildman–Crippen LogP) is 3.99. The molecule has 8 heteroatoms. The van der Waals surface area contributed by atoms with Crippen LogP contribution in [0.25, 0.3) is 5.57 Å². The first-order chi connectivity index (χ1) is 15.4. The second-order valence-electron chi connectivity index (χ2n) is 7.68. The van der Waals surface area contributed by atoms with E-state index in [-0.39, 0.29) is 4.91 Å². The molecule has 7 nitrogen and oxygen atoms in total. The Bertz CT molecular complexity index is 1210. The Balaban J connectivity index is 1.80. The van der Waals surface area contributed by atoms with E-state index in [9.17, 15) is 8.42 Å². The molecule has 0 amide bonds. The number of nitrogens with zero attached hydrogens (tertiary/aromatic N) is 3. The summed E-state index contributed by atoms with van der Waals surface area (Å²) in [7, 11) is -2.32. The number of benzene rings is 2. The van der Waals surface area contributed by atoms with Gasteiger partial charge in [0.05, 0.1) is 12.8 Å². The van der Waals surface area contributed by atoms with Crippen LogP contribution in [-0.4, -0.2) is 51.2 Å². The monoisotopic (exact) mass is 453 g/mol. The minimum Gasteiger partial charge on any atom is -0.497 e. The van der Waals surface area contributed by atoms with Crippen LogP contribution in [0.15, 0.2) is 63.0 Å². The van der Waals surface area contributed by atoms with Gasteiger partial charge in [0.15, 0.2) is 11.9 Å². The Labute approximate surface area is 189 Å². The SMILES string of the molecule is CCN(CC)C1=NS(=O)(=O)C(C2CC(c3ccccc3C)=NO2)=C1c1ccc(OC)cc1. The number of ether oxygens (including phenoxy) is 1.